The molecule has 0 bridgehead atoms. The van der Waals surface area contributed by atoms with Crippen LogP contribution in [0.15, 0.2) is 0 Å². The van der Waals surface area contributed by atoms with E-state index in [2.05, 4.69) is 5.32 Å². The summed E-state index contributed by atoms with van der Waals surface area (Å²) in [6.45, 7) is 4.03. The van der Waals surface area contributed by atoms with Crippen molar-refractivity contribution in [3.05, 3.63) is 0 Å². The molecule has 4 unspecified atom stereocenters. The van der Waals surface area contributed by atoms with Crippen LogP contribution in [0.25, 0.3) is 0 Å². The van der Waals surface area contributed by atoms with Crippen LogP contribution in [-0.2, 0) is 9.59 Å². The Morgan fingerprint density at radius 2 is 1.95 bits per heavy atom. The predicted molar refractivity (Wildman–Crippen MR) is 71.6 cm³/mol. The molecule has 0 radical (unpaired) electrons. The minimum absolute atomic E-state index is 0.0187. The monoisotopic (exact) mass is 271 g/mol. The van der Waals surface area contributed by atoms with Crippen molar-refractivity contribution in [3.8, 4) is 0 Å². The van der Waals surface area contributed by atoms with E-state index in [1.807, 2.05) is 13.8 Å². The molecule has 5 nitrogen and oxygen atoms in total. The first-order chi connectivity index (χ1) is 8.99. The summed E-state index contributed by atoms with van der Waals surface area (Å²) in [6, 6.07) is -0.0187. The van der Waals surface area contributed by atoms with Gasteiger partial charge in [-0.15, -0.1) is 0 Å². The number of carbonyl (C=O) groups is 2. The molecule has 0 aliphatic heterocycles. The van der Waals surface area contributed by atoms with Crippen LogP contribution in [0.1, 0.15) is 46.0 Å². The van der Waals surface area contributed by atoms with E-state index in [-0.39, 0.29) is 18.6 Å². The Morgan fingerprint density at radius 3 is 2.47 bits per heavy atom. The molecule has 110 valence electrons. The first kappa shape index (κ1) is 16.0. The first-order valence-corrected chi connectivity index (χ1v) is 7.13. The average Bonchev–Trinajstić information content (AvgIpc) is 2.80. The second-order valence-corrected chi connectivity index (χ2v) is 5.57. The molecule has 0 aromatic carbocycles. The summed E-state index contributed by atoms with van der Waals surface area (Å²) < 4.78 is 0. The zero-order valence-electron chi connectivity index (χ0n) is 11.8. The van der Waals surface area contributed by atoms with E-state index in [4.69, 9.17) is 5.11 Å². The highest BCUT2D eigenvalue weighted by Crippen LogP contribution is 2.38. The quantitative estimate of drug-likeness (QED) is 0.653. The van der Waals surface area contributed by atoms with Crippen LogP contribution in [0.2, 0.25) is 0 Å². The van der Waals surface area contributed by atoms with Crippen LogP contribution in [0.3, 0.4) is 0 Å². The number of aliphatic hydroxyl groups is 1. The van der Waals surface area contributed by atoms with Crippen molar-refractivity contribution >= 4 is 11.9 Å². The topological polar surface area (TPSA) is 86.6 Å². The zero-order chi connectivity index (χ0) is 14.4. The molecule has 0 heterocycles. The maximum atomic E-state index is 12.2. The van der Waals surface area contributed by atoms with Gasteiger partial charge in [-0.1, -0.05) is 13.3 Å². The molecule has 3 N–H and O–H groups in total. The van der Waals surface area contributed by atoms with E-state index in [9.17, 15) is 14.7 Å². The van der Waals surface area contributed by atoms with Crippen LogP contribution in [0, 0.1) is 17.8 Å². The number of carboxylic acid groups (broad SMARTS) is 1. The molecular formula is C14H25NO4. The third-order valence-corrected chi connectivity index (χ3v) is 4.08. The molecule has 1 amide bonds. The molecule has 19 heavy (non-hydrogen) atoms. The fraction of sp³-hybridized carbons (Fsp3) is 0.857. The third-order valence-electron chi connectivity index (χ3n) is 4.08. The van der Waals surface area contributed by atoms with Crippen LogP contribution in [-0.4, -0.2) is 34.7 Å². The van der Waals surface area contributed by atoms with Gasteiger partial charge in [0.05, 0.1) is 11.8 Å². The van der Waals surface area contributed by atoms with Crippen molar-refractivity contribution in [1.29, 1.82) is 0 Å². The van der Waals surface area contributed by atoms with Gasteiger partial charge >= 0.3 is 5.97 Å². The lowest BCUT2D eigenvalue weighted by Crippen LogP contribution is -2.40. The highest BCUT2D eigenvalue weighted by molar-refractivity contribution is 5.85. The lowest BCUT2D eigenvalue weighted by Gasteiger charge is -2.19. The second kappa shape index (κ2) is 7.48. The molecule has 1 aliphatic carbocycles. The number of carbonyl (C=O) groups excluding carboxylic acids is 1. The maximum Gasteiger partial charge on any atom is 0.307 e. The molecule has 4 atom stereocenters. The maximum absolute atomic E-state index is 12.2. The summed E-state index contributed by atoms with van der Waals surface area (Å²) in [7, 11) is 0. The molecule has 1 fully saturated rings. The highest BCUT2D eigenvalue weighted by Gasteiger charge is 2.42. The summed E-state index contributed by atoms with van der Waals surface area (Å²) in [5.41, 5.74) is 0. The van der Waals surface area contributed by atoms with E-state index in [1.165, 1.54) is 0 Å². The van der Waals surface area contributed by atoms with Crippen molar-refractivity contribution in [3.63, 3.8) is 0 Å². The number of carboxylic acids is 1. The predicted octanol–water partition coefficient (Wildman–Crippen LogP) is 1.40. The van der Waals surface area contributed by atoms with Crippen molar-refractivity contribution in [2.75, 3.05) is 6.61 Å². The van der Waals surface area contributed by atoms with Gasteiger partial charge in [-0.05, 0) is 38.5 Å². The molecule has 5 heteroatoms. The molecule has 0 aromatic heterocycles. The van der Waals surface area contributed by atoms with E-state index >= 15 is 0 Å². The summed E-state index contributed by atoms with van der Waals surface area (Å²) in [4.78, 5) is 23.4. The van der Waals surface area contributed by atoms with E-state index in [0.29, 0.717) is 31.6 Å². The Balaban J connectivity index is 2.56. The van der Waals surface area contributed by atoms with E-state index < -0.39 is 17.8 Å². The van der Waals surface area contributed by atoms with Crippen LogP contribution < -0.4 is 5.32 Å². The molecule has 1 aliphatic rings. The average molecular weight is 271 g/mol. The van der Waals surface area contributed by atoms with E-state index in [1.54, 1.807) is 0 Å². The number of nitrogens with one attached hydrogen (secondary N) is 1. The number of rotatable bonds is 7. The number of aliphatic carboxylic acids is 1. The number of amides is 1. The second-order valence-electron chi connectivity index (χ2n) is 5.57. The van der Waals surface area contributed by atoms with Gasteiger partial charge in [-0.3, -0.25) is 9.59 Å². The smallest absolute Gasteiger partial charge is 0.307 e. The Kier molecular flexibility index (Phi) is 6.28. The standard InChI is InChI=1S/C14H25NO4/c1-3-10-7-11(12(8-10)14(18)19)13(17)15-9(2)5-4-6-16/h9-12,16H,3-8H2,1-2H3,(H,15,17)(H,18,19). The van der Waals surface area contributed by atoms with Crippen molar-refractivity contribution in [2.24, 2.45) is 17.8 Å². The SMILES string of the molecule is CCC1CC(C(=O)O)C(C(=O)NC(C)CCCO)C1. The number of hydrogen-bond acceptors (Lipinski definition) is 3. The summed E-state index contributed by atoms with van der Waals surface area (Å²) in [6.07, 6.45) is 3.56. The highest BCUT2D eigenvalue weighted by atomic mass is 16.4. The van der Waals surface area contributed by atoms with Gasteiger partial charge in [-0.25, -0.2) is 0 Å². The lowest BCUT2D eigenvalue weighted by atomic mass is 9.95. The minimum atomic E-state index is -0.862. The third kappa shape index (κ3) is 4.49. The first-order valence-electron chi connectivity index (χ1n) is 7.13. The summed E-state index contributed by atoms with van der Waals surface area (Å²) >= 11 is 0. The largest absolute Gasteiger partial charge is 0.481 e. The fourth-order valence-electron chi connectivity index (χ4n) is 2.86. The van der Waals surface area contributed by atoms with Crippen LogP contribution in [0.4, 0.5) is 0 Å². The number of hydrogen-bond donors (Lipinski definition) is 3. The number of aliphatic hydroxyl groups excluding tert-OH is 1. The summed E-state index contributed by atoms with van der Waals surface area (Å²) in [5, 5.41) is 20.8. The lowest BCUT2D eigenvalue weighted by molar-refractivity contribution is -0.146. The molecule has 1 rings (SSSR count). The van der Waals surface area contributed by atoms with Gasteiger partial charge < -0.3 is 15.5 Å². The molecule has 0 aromatic rings. The Morgan fingerprint density at radius 1 is 1.32 bits per heavy atom. The summed E-state index contributed by atoms with van der Waals surface area (Å²) in [5.74, 6) is -1.62. The Labute approximate surface area is 114 Å². The van der Waals surface area contributed by atoms with E-state index in [0.717, 1.165) is 6.42 Å². The van der Waals surface area contributed by atoms with Crippen molar-refractivity contribution < 1.29 is 19.8 Å². The van der Waals surface area contributed by atoms with Gasteiger partial charge in [0.15, 0.2) is 0 Å². The van der Waals surface area contributed by atoms with Crippen molar-refractivity contribution in [2.45, 2.75) is 52.0 Å². The molecule has 0 spiro atoms. The van der Waals surface area contributed by atoms with Crippen LogP contribution in [0.5, 0.6) is 0 Å². The Bertz CT molecular complexity index is 319. The molecule has 1 saturated carbocycles. The Hall–Kier alpha value is -1.10. The van der Waals surface area contributed by atoms with Gasteiger partial charge in [0.1, 0.15) is 0 Å². The fourth-order valence-corrected chi connectivity index (χ4v) is 2.86. The molecular weight excluding hydrogens is 246 g/mol. The molecule has 0 saturated heterocycles. The van der Waals surface area contributed by atoms with Crippen LogP contribution >= 0.6 is 0 Å². The van der Waals surface area contributed by atoms with Crippen molar-refractivity contribution in [1.82, 2.24) is 5.32 Å². The van der Waals surface area contributed by atoms with Gasteiger partial charge in [0.2, 0.25) is 5.91 Å². The van der Waals surface area contributed by atoms with Gasteiger partial charge in [-0.2, -0.15) is 0 Å². The van der Waals surface area contributed by atoms with Gasteiger partial charge in [0.25, 0.3) is 0 Å². The minimum Gasteiger partial charge on any atom is -0.481 e. The van der Waals surface area contributed by atoms with Gasteiger partial charge in [0, 0.05) is 12.6 Å². The zero-order valence-corrected chi connectivity index (χ0v) is 11.8. The normalized spacial score (nSPS) is 28.1.